The fourth-order valence-electron chi connectivity index (χ4n) is 2.06. The molecule has 1 atom stereocenters. The van der Waals surface area contributed by atoms with Crippen molar-refractivity contribution in [2.24, 2.45) is 0 Å². The molecule has 1 fully saturated rings. The van der Waals surface area contributed by atoms with Crippen molar-refractivity contribution in [3.05, 3.63) is 17.7 Å². The monoisotopic (exact) mass is 287 g/mol. The van der Waals surface area contributed by atoms with Gasteiger partial charge in [0.2, 0.25) is 0 Å². The Balaban J connectivity index is 2.25. The van der Waals surface area contributed by atoms with Crippen LogP contribution in [-0.4, -0.2) is 64.4 Å². The number of carboxylic acid groups (broad SMARTS) is 1. The molecule has 1 saturated heterocycles. The summed E-state index contributed by atoms with van der Waals surface area (Å²) in [6.45, 7) is 1.66. The van der Waals surface area contributed by atoms with Crippen LogP contribution in [0.3, 0.4) is 0 Å². The van der Waals surface area contributed by atoms with E-state index in [-0.39, 0.29) is 29.4 Å². The summed E-state index contributed by atoms with van der Waals surface area (Å²) in [5.74, 6) is -2.08. The second-order valence-electron chi connectivity index (χ2n) is 4.39. The second-order valence-corrected chi connectivity index (χ2v) is 6.62. The number of aromatic carboxylic acids is 1. The lowest BCUT2D eigenvalue weighted by molar-refractivity contribution is 0.0654. The van der Waals surface area contributed by atoms with Crippen molar-refractivity contribution >= 4 is 21.7 Å². The van der Waals surface area contributed by atoms with E-state index in [4.69, 9.17) is 5.11 Å². The number of aromatic amines is 1. The maximum atomic E-state index is 12.2. The molecule has 0 aromatic carbocycles. The van der Waals surface area contributed by atoms with Crippen molar-refractivity contribution in [2.75, 3.05) is 18.1 Å². The van der Waals surface area contributed by atoms with Gasteiger partial charge in [0.05, 0.1) is 17.8 Å². The molecule has 1 aromatic heterocycles. The fraction of sp³-hybridized carbons (Fsp3) is 0.500. The number of hydrogen-bond acceptors (Lipinski definition) is 5. The molecule has 1 unspecified atom stereocenters. The Kier molecular flexibility index (Phi) is 3.31. The molecule has 1 aliphatic heterocycles. The predicted octanol–water partition coefficient (Wildman–Crippen LogP) is -0.633. The van der Waals surface area contributed by atoms with Gasteiger partial charge in [-0.05, 0) is 6.92 Å². The quantitative estimate of drug-likeness (QED) is 0.747. The van der Waals surface area contributed by atoms with Gasteiger partial charge < -0.3 is 15.0 Å². The van der Waals surface area contributed by atoms with Crippen LogP contribution >= 0.6 is 0 Å². The molecule has 19 heavy (non-hydrogen) atoms. The van der Waals surface area contributed by atoms with Gasteiger partial charge in [-0.2, -0.15) is 0 Å². The summed E-state index contributed by atoms with van der Waals surface area (Å²) in [7, 11) is -3.13. The highest BCUT2D eigenvalue weighted by molar-refractivity contribution is 7.91. The molecule has 0 aliphatic carbocycles. The van der Waals surface area contributed by atoms with Gasteiger partial charge in [0.15, 0.2) is 21.2 Å². The molecule has 0 bridgehead atoms. The minimum atomic E-state index is -3.13. The van der Waals surface area contributed by atoms with Gasteiger partial charge in [-0.25, -0.2) is 18.2 Å². The van der Waals surface area contributed by atoms with E-state index in [2.05, 4.69) is 9.97 Å². The number of carbonyl (C=O) groups is 2. The van der Waals surface area contributed by atoms with Crippen molar-refractivity contribution in [1.29, 1.82) is 0 Å². The first-order valence-corrected chi connectivity index (χ1v) is 7.42. The van der Waals surface area contributed by atoms with Gasteiger partial charge in [0.25, 0.3) is 5.91 Å². The number of rotatable bonds is 2. The molecule has 1 amide bonds. The molecular weight excluding hydrogens is 274 g/mol. The number of H-pyrrole nitrogens is 1. The number of aromatic nitrogens is 2. The highest BCUT2D eigenvalue weighted by Gasteiger charge is 2.34. The topological polar surface area (TPSA) is 120 Å². The van der Waals surface area contributed by atoms with Crippen LogP contribution in [0.4, 0.5) is 0 Å². The molecule has 104 valence electrons. The number of amides is 1. The van der Waals surface area contributed by atoms with E-state index >= 15 is 0 Å². The van der Waals surface area contributed by atoms with Crippen LogP contribution in [-0.2, 0) is 9.84 Å². The van der Waals surface area contributed by atoms with Crippen molar-refractivity contribution in [2.45, 2.75) is 13.0 Å². The summed E-state index contributed by atoms with van der Waals surface area (Å²) >= 11 is 0. The molecule has 2 heterocycles. The number of nitrogens with zero attached hydrogens (tertiary/aromatic N) is 2. The van der Waals surface area contributed by atoms with Crippen molar-refractivity contribution in [3.8, 4) is 0 Å². The predicted molar refractivity (Wildman–Crippen MR) is 64.7 cm³/mol. The van der Waals surface area contributed by atoms with Crippen molar-refractivity contribution in [1.82, 2.24) is 14.9 Å². The standard InChI is InChI=1S/C10H13N3O5S/c1-6-4-19(17,18)3-2-13(6)9(14)7-8(10(15)16)12-5-11-7/h5-6H,2-4H2,1H3,(H,11,12)(H,15,16). The molecular formula is C10H13N3O5S. The third-order valence-corrected chi connectivity index (χ3v) is 4.78. The van der Waals surface area contributed by atoms with Crippen LogP contribution in [0.25, 0.3) is 0 Å². The van der Waals surface area contributed by atoms with Gasteiger partial charge >= 0.3 is 5.97 Å². The first-order chi connectivity index (χ1) is 8.82. The first-order valence-electron chi connectivity index (χ1n) is 5.60. The lowest BCUT2D eigenvalue weighted by Gasteiger charge is -2.32. The van der Waals surface area contributed by atoms with Crippen molar-refractivity contribution in [3.63, 3.8) is 0 Å². The SMILES string of the molecule is CC1CS(=O)(=O)CCN1C(=O)c1nc[nH]c1C(=O)O. The molecule has 0 spiro atoms. The highest BCUT2D eigenvalue weighted by atomic mass is 32.2. The number of carboxylic acids is 1. The van der Waals surface area contributed by atoms with Crippen LogP contribution in [0.2, 0.25) is 0 Å². The normalized spacial score (nSPS) is 22.2. The van der Waals surface area contributed by atoms with Crippen LogP contribution in [0.15, 0.2) is 6.33 Å². The molecule has 2 rings (SSSR count). The Labute approximate surface area is 109 Å². The largest absolute Gasteiger partial charge is 0.477 e. The zero-order chi connectivity index (χ0) is 14.2. The summed E-state index contributed by atoms with van der Waals surface area (Å²) in [6.07, 6.45) is 1.13. The average Bonchev–Trinajstić information content (AvgIpc) is 2.75. The zero-order valence-corrected chi connectivity index (χ0v) is 11.0. The van der Waals surface area contributed by atoms with E-state index < -0.39 is 27.8 Å². The van der Waals surface area contributed by atoms with E-state index in [0.29, 0.717) is 0 Å². The first kappa shape index (κ1) is 13.5. The smallest absolute Gasteiger partial charge is 0.354 e. The summed E-state index contributed by atoms with van der Waals surface area (Å²) in [5, 5.41) is 8.91. The lowest BCUT2D eigenvalue weighted by atomic mass is 10.2. The van der Waals surface area contributed by atoms with Gasteiger partial charge in [-0.3, -0.25) is 4.79 Å². The molecule has 1 aliphatic rings. The number of imidazole rings is 1. The Morgan fingerprint density at radius 3 is 2.79 bits per heavy atom. The van der Waals surface area contributed by atoms with Crippen LogP contribution < -0.4 is 0 Å². The Hall–Kier alpha value is -1.90. The average molecular weight is 287 g/mol. The summed E-state index contributed by atoms with van der Waals surface area (Å²) in [4.78, 5) is 30.5. The minimum absolute atomic E-state index is 0.0499. The number of nitrogens with one attached hydrogen (secondary N) is 1. The third-order valence-electron chi connectivity index (χ3n) is 2.99. The molecule has 9 heteroatoms. The molecule has 1 aromatic rings. The Bertz CT molecular complexity index is 621. The maximum Gasteiger partial charge on any atom is 0.354 e. The van der Waals surface area contributed by atoms with E-state index in [1.807, 2.05) is 0 Å². The van der Waals surface area contributed by atoms with Crippen LogP contribution in [0.1, 0.15) is 27.9 Å². The lowest BCUT2D eigenvalue weighted by Crippen LogP contribution is -2.50. The summed E-state index contributed by atoms with van der Waals surface area (Å²) in [6, 6.07) is -0.496. The molecule has 2 N–H and O–H groups in total. The van der Waals surface area contributed by atoms with Crippen LogP contribution in [0.5, 0.6) is 0 Å². The Morgan fingerprint density at radius 2 is 2.21 bits per heavy atom. The molecule has 0 radical (unpaired) electrons. The van der Waals surface area contributed by atoms with E-state index in [0.717, 1.165) is 6.33 Å². The van der Waals surface area contributed by atoms with E-state index in [1.54, 1.807) is 6.92 Å². The number of sulfone groups is 1. The summed E-state index contributed by atoms with van der Waals surface area (Å²) in [5.41, 5.74) is -0.482. The number of hydrogen-bond donors (Lipinski definition) is 2. The van der Waals surface area contributed by atoms with Gasteiger partial charge in [-0.15, -0.1) is 0 Å². The Morgan fingerprint density at radius 1 is 1.53 bits per heavy atom. The van der Waals surface area contributed by atoms with E-state index in [1.165, 1.54) is 4.90 Å². The maximum absolute atomic E-state index is 12.2. The summed E-state index contributed by atoms with van der Waals surface area (Å²) < 4.78 is 22.9. The van der Waals surface area contributed by atoms with E-state index in [9.17, 15) is 18.0 Å². The minimum Gasteiger partial charge on any atom is -0.477 e. The van der Waals surface area contributed by atoms with Crippen molar-refractivity contribution < 1.29 is 23.1 Å². The molecule has 0 saturated carbocycles. The zero-order valence-electron chi connectivity index (χ0n) is 10.2. The van der Waals surface area contributed by atoms with Gasteiger partial charge in [-0.1, -0.05) is 0 Å². The number of carbonyl (C=O) groups excluding carboxylic acids is 1. The molecule has 8 nitrogen and oxygen atoms in total. The third kappa shape index (κ3) is 2.60. The van der Waals surface area contributed by atoms with Crippen LogP contribution in [0, 0.1) is 0 Å². The second kappa shape index (κ2) is 4.65. The highest BCUT2D eigenvalue weighted by Crippen LogP contribution is 2.16. The van der Waals surface area contributed by atoms with Gasteiger partial charge in [0.1, 0.15) is 0 Å². The van der Waals surface area contributed by atoms with Gasteiger partial charge in [0, 0.05) is 12.6 Å². The fourth-order valence-corrected chi connectivity index (χ4v) is 3.61.